The summed E-state index contributed by atoms with van der Waals surface area (Å²) in [6.45, 7) is 1.18. The molecule has 1 aromatic heterocycles. The van der Waals surface area contributed by atoms with Crippen LogP contribution in [-0.2, 0) is 14.3 Å². The van der Waals surface area contributed by atoms with E-state index >= 15 is 0 Å². The third-order valence-electron chi connectivity index (χ3n) is 4.69. The van der Waals surface area contributed by atoms with Gasteiger partial charge < -0.3 is 15.0 Å². The van der Waals surface area contributed by atoms with Crippen LogP contribution in [0.5, 0.6) is 0 Å². The molecule has 1 unspecified atom stereocenters. The number of rotatable bonds is 7. The molecule has 3 rings (SSSR count). The zero-order chi connectivity index (χ0) is 17.6. The van der Waals surface area contributed by atoms with E-state index in [1.54, 1.807) is 18.9 Å². The highest BCUT2D eigenvalue weighted by Gasteiger charge is 2.38. The first-order chi connectivity index (χ1) is 12.2. The third-order valence-corrected chi connectivity index (χ3v) is 6.63. The van der Waals surface area contributed by atoms with E-state index in [0.717, 1.165) is 22.9 Å². The van der Waals surface area contributed by atoms with E-state index in [1.807, 2.05) is 4.90 Å². The van der Waals surface area contributed by atoms with Gasteiger partial charge in [0.15, 0.2) is 4.34 Å². The number of ether oxygens (including phenoxy) is 1. The molecule has 2 heterocycles. The van der Waals surface area contributed by atoms with Crippen molar-refractivity contribution in [1.82, 2.24) is 15.1 Å². The van der Waals surface area contributed by atoms with Gasteiger partial charge in [0.2, 0.25) is 16.9 Å². The number of thioether (sulfide) groups is 1. The van der Waals surface area contributed by atoms with Gasteiger partial charge in [-0.1, -0.05) is 42.4 Å². The van der Waals surface area contributed by atoms with Crippen molar-refractivity contribution >= 4 is 40.0 Å². The second kappa shape index (κ2) is 8.95. The van der Waals surface area contributed by atoms with Crippen LogP contribution in [0.1, 0.15) is 38.5 Å². The molecular formula is C16H24N4O3S2. The number of nitrogens with zero attached hydrogens (tertiary/aromatic N) is 3. The molecule has 0 spiro atoms. The van der Waals surface area contributed by atoms with E-state index in [0.29, 0.717) is 30.7 Å². The molecule has 0 bridgehead atoms. The fourth-order valence-electron chi connectivity index (χ4n) is 3.39. The highest BCUT2D eigenvalue weighted by Crippen LogP contribution is 2.30. The van der Waals surface area contributed by atoms with Gasteiger partial charge in [-0.15, -0.1) is 10.2 Å². The van der Waals surface area contributed by atoms with Crippen molar-refractivity contribution in [2.24, 2.45) is 5.92 Å². The summed E-state index contributed by atoms with van der Waals surface area (Å²) in [6, 6.07) is 0.323. The standard InChI is InChI=1S/C16H24N4O3S2/c1-23-7-8-24-16-19-18-15(25-16)17-14(22)11-9-13(21)20(10-11)12-5-3-2-4-6-12/h11-12H,2-10H2,1H3,(H,17,18,22). The Labute approximate surface area is 155 Å². The van der Waals surface area contributed by atoms with Crippen molar-refractivity contribution in [3.63, 3.8) is 0 Å². The lowest BCUT2D eigenvalue weighted by atomic mass is 9.94. The van der Waals surface area contributed by atoms with Crippen molar-refractivity contribution in [1.29, 1.82) is 0 Å². The smallest absolute Gasteiger partial charge is 0.231 e. The number of amides is 2. The molecule has 138 valence electrons. The van der Waals surface area contributed by atoms with Crippen LogP contribution in [0.15, 0.2) is 4.34 Å². The van der Waals surface area contributed by atoms with Crippen molar-refractivity contribution in [2.45, 2.75) is 48.9 Å². The zero-order valence-electron chi connectivity index (χ0n) is 14.4. The number of nitrogens with one attached hydrogen (secondary N) is 1. The van der Waals surface area contributed by atoms with Crippen LogP contribution in [0.4, 0.5) is 5.13 Å². The Kier molecular flexibility index (Phi) is 6.66. The Morgan fingerprint density at radius 2 is 2.16 bits per heavy atom. The number of aromatic nitrogens is 2. The fraction of sp³-hybridized carbons (Fsp3) is 0.750. The first-order valence-corrected chi connectivity index (χ1v) is 10.5. The largest absolute Gasteiger partial charge is 0.384 e. The number of hydrogen-bond donors (Lipinski definition) is 1. The van der Waals surface area contributed by atoms with Crippen LogP contribution in [0.2, 0.25) is 0 Å². The van der Waals surface area contributed by atoms with Crippen molar-refractivity contribution in [2.75, 3.05) is 31.3 Å². The second-order valence-electron chi connectivity index (χ2n) is 6.44. The average Bonchev–Trinajstić information content (AvgIpc) is 3.22. The lowest BCUT2D eigenvalue weighted by Crippen LogP contribution is -2.38. The van der Waals surface area contributed by atoms with E-state index in [2.05, 4.69) is 15.5 Å². The Hall–Kier alpha value is -1.19. The topological polar surface area (TPSA) is 84.4 Å². The Morgan fingerprint density at radius 3 is 2.92 bits per heavy atom. The molecule has 0 radical (unpaired) electrons. The first-order valence-electron chi connectivity index (χ1n) is 8.73. The maximum absolute atomic E-state index is 12.5. The normalized spacial score (nSPS) is 21.7. The number of carbonyl (C=O) groups excluding carboxylic acids is 2. The van der Waals surface area contributed by atoms with Crippen LogP contribution in [0.3, 0.4) is 0 Å². The summed E-state index contributed by atoms with van der Waals surface area (Å²) < 4.78 is 5.81. The maximum atomic E-state index is 12.5. The molecule has 0 aromatic carbocycles. The summed E-state index contributed by atoms with van der Waals surface area (Å²) in [6.07, 6.45) is 6.05. The van der Waals surface area contributed by atoms with Crippen LogP contribution in [-0.4, -0.2) is 59.0 Å². The average molecular weight is 385 g/mol. The van der Waals surface area contributed by atoms with E-state index in [1.165, 1.54) is 30.6 Å². The molecule has 1 aliphatic heterocycles. The van der Waals surface area contributed by atoms with Gasteiger partial charge >= 0.3 is 0 Å². The van der Waals surface area contributed by atoms with Gasteiger partial charge in [0, 0.05) is 31.9 Å². The van der Waals surface area contributed by atoms with Crippen LogP contribution < -0.4 is 5.32 Å². The molecule has 9 heteroatoms. The summed E-state index contributed by atoms with van der Waals surface area (Å²) in [5, 5.41) is 11.4. The summed E-state index contributed by atoms with van der Waals surface area (Å²) in [4.78, 5) is 26.7. The molecular weight excluding hydrogens is 360 g/mol. The summed E-state index contributed by atoms with van der Waals surface area (Å²) >= 11 is 2.91. The Balaban J connectivity index is 1.50. The van der Waals surface area contributed by atoms with Gasteiger partial charge in [-0.2, -0.15) is 0 Å². The number of anilines is 1. The predicted molar refractivity (Wildman–Crippen MR) is 97.8 cm³/mol. The Bertz CT molecular complexity index is 604. The highest BCUT2D eigenvalue weighted by molar-refractivity contribution is 8.01. The number of hydrogen-bond acceptors (Lipinski definition) is 7. The summed E-state index contributed by atoms with van der Waals surface area (Å²) in [5.41, 5.74) is 0. The van der Waals surface area contributed by atoms with Crippen LogP contribution in [0, 0.1) is 5.92 Å². The minimum absolute atomic E-state index is 0.111. The quantitative estimate of drug-likeness (QED) is 0.441. The van der Waals surface area contributed by atoms with Crippen molar-refractivity contribution in [3.05, 3.63) is 0 Å². The van der Waals surface area contributed by atoms with Gasteiger partial charge in [0.25, 0.3) is 0 Å². The molecule has 2 fully saturated rings. The summed E-state index contributed by atoms with van der Waals surface area (Å²) in [5.74, 6) is 0.492. The molecule has 1 aliphatic carbocycles. The molecule has 1 atom stereocenters. The molecule has 2 aliphatic rings. The van der Waals surface area contributed by atoms with E-state index in [-0.39, 0.29) is 17.7 Å². The van der Waals surface area contributed by atoms with Gasteiger partial charge in [0.1, 0.15) is 0 Å². The van der Waals surface area contributed by atoms with E-state index in [4.69, 9.17) is 4.74 Å². The van der Waals surface area contributed by atoms with E-state index in [9.17, 15) is 9.59 Å². The molecule has 2 amide bonds. The zero-order valence-corrected chi connectivity index (χ0v) is 16.0. The van der Waals surface area contributed by atoms with Gasteiger partial charge in [-0.25, -0.2) is 0 Å². The molecule has 25 heavy (non-hydrogen) atoms. The second-order valence-corrected chi connectivity index (χ2v) is 8.76. The first kappa shape index (κ1) is 18.6. The number of carbonyl (C=O) groups is 2. The van der Waals surface area contributed by atoms with Gasteiger partial charge in [-0.05, 0) is 12.8 Å². The minimum atomic E-state index is -0.289. The van der Waals surface area contributed by atoms with E-state index < -0.39 is 0 Å². The lowest BCUT2D eigenvalue weighted by Gasteiger charge is -2.31. The fourth-order valence-corrected chi connectivity index (χ4v) is 5.12. The highest BCUT2D eigenvalue weighted by atomic mass is 32.2. The molecule has 1 saturated heterocycles. The lowest BCUT2D eigenvalue weighted by molar-refractivity contribution is -0.130. The predicted octanol–water partition coefficient (Wildman–Crippen LogP) is 2.40. The molecule has 1 N–H and O–H groups in total. The number of likely N-dealkylation sites (tertiary alicyclic amines) is 1. The maximum Gasteiger partial charge on any atom is 0.231 e. The monoisotopic (exact) mass is 384 g/mol. The SMILES string of the molecule is COCCSc1nnc(NC(=O)C2CC(=O)N(C3CCCCC3)C2)s1. The third kappa shape index (κ3) is 4.92. The van der Waals surface area contributed by atoms with Crippen LogP contribution in [0.25, 0.3) is 0 Å². The van der Waals surface area contributed by atoms with Gasteiger partial charge in [0.05, 0.1) is 12.5 Å². The Morgan fingerprint density at radius 1 is 1.36 bits per heavy atom. The van der Waals surface area contributed by atoms with Crippen molar-refractivity contribution < 1.29 is 14.3 Å². The molecule has 7 nitrogen and oxygen atoms in total. The molecule has 1 saturated carbocycles. The number of methoxy groups -OCH3 is 1. The van der Waals surface area contributed by atoms with Gasteiger partial charge in [-0.3, -0.25) is 9.59 Å². The summed E-state index contributed by atoms with van der Waals surface area (Å²) in [7, 11) is 1.66. The molecule has 1 aromatic rings. The van der Waals surface area contributed by atoms with Crippen LogP contribution >= 0.6 is 23.1 Å². The minimum Gasteiger partial charge on any atom is -0.384 e. The van der Waals surface area contributed by atoms with Crippen molar-refractivity contribution in [3.8, 4) is 0 Å².